The Morgan fingerprint density at radius 3 is 2.53 bits per heavy atom. The Hall–Kier alpha value is -1.87. The van der Waals surface area contributed by atoms with Gasteiger partial charge in [0.15, 0.2) is 0 Å². The van der Waals surface area contributed by atoms with E-state index in [1.807, 2.05) is 47.2 Å². The minimum atomic E-state index is -3.47. The molecule has 4 heterocycles. The molecule has 0 amide bonds. The van der Waals surface area contributed by atoms with Crippen LogP contribution in [-0.4, -0.2) is 36.6 Å². The van der Waals surface area contributed by atoms with Gasteiger partial charge in [-0.15, -0.1) is 23.1 Å². The molecule has 0 saturated carbocycles. The maximum Gasteiger partial charge on any atom is 0.258 e. The molecule has 2 bridgehead atoms. The van der Waals surface area contributed by atoms with Crippen LogP contribution in [0.1, 0.15) is 18.0 Å². The molecule has 2 atom stereocenters. The van der Waals surface area contributed by atoms with Crippen LogP contribution < -0.4 is 5.56 Å². The van der Waals surface area contributed by atoms with E-state index in [4.69, 9.17) is 0 Å². The molecular formula is C22H22N2O3S3. The van der Waals surface area contributed by atoms with Crippen molar-refractivity contribution in [2.75, 3.05) is 19.3 Å². The normalized spacial score (nSPS) is 21.4. The Bertz CT molecular complexity index is 1230. The second kappa shape index (κ2) is 7.67. The second-order valence-electron chi connectivity index (χ2n) is 7.87. The van der Waals surface area contributed by atoms with Crippen molar-refractivity contribution in [3.63, 3.8) is 0 Å². The zero-order valence-corrected chi connectivity index (χ0v) is 19.0. The van der Waals surface area contributed by atoms with E-state index in [-0.39, 0.29) is 17.4 Å². The molecule has 30 heavy (non-hydrogen) atoms. The highest BCUT2D eigenvalue weighted by atomic mass is 32.2. The summed E-state index contributed by atoms with van der Waals surface area (Å²) in [6.07, 6.45) is 2.96. The Morgan fingerprint density at radius 2 is 1.83 bits per heavy atom. The number of piperidine rings is 1. The van der Waals surface area contributed by atoms with E-state index in [1.165, 1.54) is 16.2 Å². The third-order valence-electron chi connectivity index (χ3n) is 6.06. The van der Waals surface area contributed by atoms with Crippen molar-refractivity contribution in [3.8, 4) is 11.1 Å². The number of thiophene rings is 1. The van der Waals surface area contributed by atoms with Crippen LogP contribution in [0.4, 0.5) is 0 Å². The van der Waals surface area contributed by atoms with Crippen molar-refractivity contribution >= 4 is 33.1 Å². The highest BCUT2D eigenvalue weighted by Gasteiger charge is 2.40. The van der Waals surface area contributed by atoms with Crippen LogP contribution in [0.15, 0.2) is 67.8 Å². The molecule has 1 saturated heterocycles. The summed E-state index contributed by atoms with van der Waals surface area (Å²) in [6.45, 7) is 1.46. The van der Waals surface area contributed by atoms with Crippen molar-refractivity contribution in [3.05, 3.63) is 70.0 Å². The Balaban J connectivity index is 1.49. The third-order valence-corrected chi connectivity index (χ3v) is 10.0. The van der Waals surface area contributed by atoms with Gasteiger partial charge < -0.3 is 4.57 Å². The van der Waals surface area contributed by atoms with Gasteiger partial charge in [-0.3, -0.25) is 4.79 Å². The number of fused-ring (bicyclic) bond motifs is 4. The molecule has 0 aliphatic carbocycles. The van der Waals surface area contributed by atoms with E-state index < -0.39 is 10.0 Å². The molecule has 0 unspecified atom stereocenters. The Kier molecular flexibility index (Phi) is 5.13. The molecule has 0 radical (unpaired) electrons. The van der Waals surface area contributed by atoms with E-state index in [1.54, 1.807) is 33.6 Å². The molecule has 2 aromatic heterocycles. The molecule has 3 aromatic rings. The summed E-state index contributed by atoms with van der Waals surface area (Å²) in [4.78, 5) is 14.5. The molecule has 156 valence electrons. The molecule has 2 aliphatic rings. The van der Waals surface area contributed by atoms with E-state index >= 15 is 0 Å². The van der Waals surface area contributed by atoms with Gasteiger partial charge in [0.2, 0.25) is 0 Å². The Labute approximate surface area is 184 Å². The fourth-order valence-corrected chi connectivity index (χ4v) is 7.74. The van der Waals surface area contributed by atoms with Gasteiger partial charge in [-0.25, -0.2) is 8.42 Å². The lowest BCUT2D eigenvalue weighted by atomic mass is 9.84. The van der Waals surface area contributed by atoms with Gasteiger partial charge in [-0.1, -0.05) is 18.2 Å². The van der Waals surface area contributed by atoms with Crippen LogP contribution in [0.2, 0.25) is 0 Å². The molecule has 5 nitrogen and oxygen atoms in total. The lowest BCUT2D eigenvalue weighted by Crippen LogP contribution is -2.49. The molecule has 1 aromatic carbocycles. The molecule has 1 fully saturated rings. The first-order valence-corrected chi connectivity index (χ1v) is 13.4. The number of hydrogen-bond acceptors (Lipinski definition) is 5. The lowest BCUT2D eigenvalue weighted by Gasteiger charge is -2.42. The van der Waals surface area contributed by atoms with E-state index in [0.29, 0.717) is 29.4 Å². The van der Waals surface area contributed by atoms with Gasteiger partial charge >= 0.3 is 0 Å². The standard InChI is InChI=1S/C22H22N2O3S3/c1-28-18-6-4-16(5-7-18)19-8-9-20-17-11-15(13-24(20)22(19)25)12-23(14-17)30(26,27)21-3-2-10-29-21/h2-10,15,17H,11-14H2,1H3/t15-,17-/m1/s1. The summed E-state index contributed by atoms with van der Waals surface area (Å²) in [7, 11) is -3.47. The van der Waals surface area contributed by atoms with Gasteiger partial charge in [-0.2, -0.15) is 4.31 Å². The predicted molar refractivity (Wildman–Crippen MR) is 122 cm³/mol. The summed E-state index contributed by atoms with van der Waals surface area (Å²) in [6, 6.07) is 15.4. The monoisotopic (exact) mass is 458 g/mol. The number of benzene rings is 1. The van der Waals surface area contributed by atoms with Crippen molar-refractivity contribution in [1.82, 2.24) is 8.87 Å². The number of rotatable bonds is 4. The highest BCUT2D eigenvalue weighted by Crippen LogP contribution is 2.38. The van der Waals surface area contributed by atoms with Crippen LogP contribution >= 0.6 is 23.1 Å². The van der Waals surface area contributed by atoms with Crippen LogP contribution in [-0.2, 0) is 16.6 Å². The van der Waals surface area contributed by atoms with Crippen molar-refractivity contribution < 1.29 is 8.42 Å². The lowest BCUT2D eigenvalue weighted by molar-refractivity contribution is 0.186. The predicted octanol–water partition coefficient (Wildman–Crippen LogP) is 4.11. The van der Waals surface area contributed by atoms with Crippen molar-refractivity contribution in [2.24, 2.45) is 5.92 Å². The molecule has 0 N–H and O–H groups in total. The SMILES string of the molecule is CSc1ccc(-c2ccc3n(c2=O)C[C@@H]2C[C@@H]3CN(S(=O)(=O)c3cccs3)C2)cc1. The molecule has 2 aliphatic heterocycles. The minimum Gasteiger partial charge on any atom is -0.311 e. The summed E-state index contributed by atoms with van der Waals surface area (Å²) in [5.41, 5.74) is 2.60. The first-order valence-electron chi connectivity index (χ1n) is 9.89. The number of thioether (sulfide) groups is 1. The molecule has 0 spiro atoms. The van der Waals surface area contributed by atoms with Crippen molar-refractivity contribution in [1.29, 1.82) is 0 Å². The number of sulfonamides is 1. The van der Waals surface area contributed by atoms with E-state index in [2.05, 4.69) is 0 Å². The summed E-state index contributed by atoms with van der Waals surface area (Å²) < 4.78 is 29.9. The van der Waals surface area contributed by atoms with E-state index in [9.17, 15) is 13.2 Å². The van der Waals surface area contributed by atoms with Gasteiger partial charge in [0, 0.05) is 41.7 Å². The molecule has 8 heteroatoms. The number of nitrogens with zero attached hydrogens (tertiary/aromatic N) is 2. The minimum absolute atomic E-state index is 0.0219. The maximum absolute atomic E-state index is 13.3. The maximum atomic E-state index is 13.3. The smallest absolute Gasteiger partial charge is 0.258 e. The van der Waals surface area contributed by atoms with Crippen molar-refractivity contribution in [2.45, 2.75) is 28.0 Å². The zero-order valence-electron chi connectivity index (χ0n) is 16.5. The zero-order chi connectivity index (χ0) is 20.9. The first kappa shape index (κ1) is 20.1. The first-order chi connectivity index (χ1) is 14.5. The number of pyridine rings is 1. The van der Waals surface area contributed by atoms with Crippen LogP contribution in [0.25, 0.3) is 11.1 Å². The quantitative estimate of drug-likeness (QED) is 0.552. The van der Waals surface area contributed by atoms with E-state index in [0.717, 1.165) is 17.7 Å². The van der Waals surface area contributed by atoms with Gasteiger partial charge in [0.1, 0.15) is 4.21 Å². The number of aromatic nitrogens is 1. The molecule has 5 rings (SSSR count). The van der Waals surface area contributed by atoms with Crippen LogP contribution in [0.5, 0.6) is 0 Å². The highest BCUT2D eigenvalue weighted by molar-refractivity contribution is 7.98. The fraction of sp³-hybridized carbons (Fsp3) is 0.318. The largest absolute Gasteiger partial charge is 0.311 e. The van der Waals surface area contributed by atoms with Gasteiger partial charge in [-0.05, 0) is 59.9 Å². The van der Waals surface area contributed by atoms with Gasteiger partial charge in [0.05, 0.1) is 0 Å². The Morgan fingerprint density at radius 1 is 1.03 bits per heavy atom. The van der Waals surface area contributed by atoms with Crippen LogP contribution in [0, 0.1) is 5.92 Å². The van der Waals surface area contributed by atoms with Gasteiger partial charge in [0.25, 0.3) is 15.6 Å². The third kappa shape index (κ3) is 3.36. The summed E-state index contributed by atoms with van der Waals surface area (Å²) in [5, 5.41) is 1.79. The number of hydrogen-bond donors (Lipinski definition) is 0. The van der Waals surface area contributed by atoms with Crippen LogP contribution in [0.3, 0.4) is 0 Å². The summed E-state index contributed by atoms with van der Waals surface area (Å²) in [5.74, 6) is 0.200. The fourth-order valence-electron chi connectivity index (χ4n) is 4.63. The topological polar surface area (TPSA) is 59.4 Å². The second-order valence-corrected chi connectivity index (χ2v) is 11.9. The average Bonchev–Trinajstić information content (AvgIpc) is 3.30. The summed E-state index contributed by atoms with van der Waals surface area (Å²) >= 11 is 2.93. The average molecular weight is 459 g/mol. The molecular weight excluding hydrogens is 436 g/mol.